The maximum absolute atomic E-state index is 13.4. The second-order valence-electron chi connectivity index (χ2n) is 8.43. The van der Waals surface area contributed by atoms with Gasteiger partial charge in [-0.3, -0.25) is 9.59 Å². The quantitative estimate of drug-likeness (QED) is 0.454. The van der Waals surface area contributed by atoms with Gasteiger partial charge in [-0.05, 0) is 69.0 Å². The molecule has 7 heteroatoms. The van der Waals surface area contributed by atoms with Gasteiger partial charge in [-0.25, -0.2) is 4.39 Å². The maximum atomic E-state index is 13.4. The monoisotopic (exact) mass is 458 g/mol. The van der Waals surface area contributed by atoms with Gasteiger partial charge in [-0.2, -0.15) is 0 Å². The highest BCUT2D eigenvalue weighted by Crippen LogP contribution is 2.23. The highest BCUT2D eigenvalue weighted by molar-refractivity contribution is 7.12. The molecule has 31 heavy (non-hydrogen) atoms. The van der Waals surface area contributed by atoms with Crippen molar-refractivity contribution < 1.29 is 14.0 Å². The molecule has 3 rings (SSSR count). The van der Waals surface area contributed by atoms with E-state index >= 15 is 0 Å². The average Bonchev–Trinajstić information content (AvgIpc) is 3.37. The summed E-state index contributed by atoms with van der Waals surface area (Å²) in [5.74, 6) is -0.601. The van der Waals surface area contributed by atoms with E-state index in [1.165, 1.54) is 28.3 Å². The van der Waals surface area contributed by atoms with E-state index in [0.717, 1.165) is 10.4 Å². The van der Waals surface area contributed by atoms with Gasteiger partial charge >= 0.3 is 0 Å². The average molecular weight is 459 g/mol. The Morgan fingerprint density at radius 2 is 1.71 bits per heavy atom. The van der Waals surface area contributed by atoms with Crippen LogP contribution in [-0.4, -0.2) is 33.7 Å². The van der Waals surface area contributed by atoms with Crippen molar-refractivity contribution in [2.45, 2.75) is 46.3 Å². The van der Waals surface area contributed by atoms with E-state index in [1.54, 1.807) is 39.3 Å². The maximum Gasteiger partial charge on any atom is 0.264 e. The molecule has 0 aliphatic rings. The van der Waals surface area contributed by atoms with Gasteiger partial charge in [0.25, 0.3) is 5.91 Å². The van der Waals surface area contributed by atoms with E-state index < -0.39 is 5.54 Å². The lowest BCUT2D eigenvalue weighted by Crippen LogP contribution is -2.50. The number of thiophene rings is 2. The molecule has 0 atom stereocenters. The first-order valence-electron chi connectivity index (χ1n) is 10.1. The fourth-order valence-electron chi connectivity index (χ4n) is 3.18. The van der Waals surface area contributed by atoms with Gasteiger partial charge in [-0.1, -0.05) is 18.2 Å². The smallest absolute Gasteiger partial charge is 0.264 e. The van der Waals surface area contributed by atoms with Crippen LogP contribution in [0.15, 0.2) is 53.9 Å². The number of halogens is 1. The summed E-state index contributed by atoms with van der Waals surface area (Å²) in [5.41, 5.74) is 0.326. The Kier molecular flexibility index (Phi) is 7.28. The summed E-state index contributed by atoms with van der Waals surface area (Å²) >= 11 is 3.01. The molecule has 164 valence electrons. The van der Waals surface area contributed by atoms with E-state index in [4.69, 9.17) is 0 Å². The Bertz CT molecular complexity index is 1020. The largest absolute Gasteiger partial charge is 0.332 e. The van der Waals surface area contributed by atoms with E-state index in [9.17, 15) is 14.0 Å². The molecule has 0 aliphatic heterocycles. The fraction of sp³-hybridized carbons (Fsp3) is 0.333. The zero-order chi connectivity index (χ0) is 22.6. The Morgan fingerprint density at radius 1 is 1.00 bits per heavy atom. The van der Waals surface area contributed by atoms with Gasteiger partial charge in [0.1, 0.15) is 12.4 Å². The predicted octanol–water partition coefficient (Wildman–Crippen LogP) is 5.73. The van der Waals surface area contributed by atoms with E-state index in [2.05, 4.69) is 0 Å². The molecule has 0 unspecified atom stereocenters. The molecule has 0 N–H and O–H groups in total. The molecule has 1 aromatic carbocycles. The van der Waals surface area contributed by atoms with Crippen molar-refractivity contribution >= 4 is 34.5 Å². The van der Waals surface area contributed by atoms with Crippen molar-refractivity contribution in [3.05, 3.63) is 79.9 Å². The van der Waals surface area contributed by atoms with Crippen LogP contribution in [-0.2, 0) is 17.9 Å². The Morgan fingerprint density at radius 3 is 2.26 bits per heavy atom. The van der Waals surface area contributed by atoms with E-state index in [-0.39, 0.29) is 24.2 Å². The highest BCUT2D eigenvalue weighted by Gasteiger charge is 2.31. The molecule has 2 aromatic heterocycles. The zero-order valence-electron chi connectivity index (χ0n) is 18.2. The molecule has 4 nitrogen and oxygen atoms in total. The summed E-state index contributed by atoms with van der Waals surface area (Å²) in [6.07, 6.45) is 0. The first kappa shape index (κ1) is 23.2. The molecule has 0 radical (unpaired) electrons. The lowest BCUT2D eigenvalue weighted by atomic mass is 10.1. The van der Waals surface area contributed by atoms with Crippen molar-refractivity contribution in [3.8, 4) is 0 Å². The molecular weight excluding hydrogens is 431 g/mol. The van der Waals surface area contributed by atoms with Gasteiger partial charge in [0, 0.05) is 21.8 Å². The number of hydrogen-bond donors (Lipinski definition) is 0. The lowest BCUT2D eigenvalue weighted by molar-refractivity contribution is -0.134. The SMILES string of the molecule is Cc1ccc(CN(Cc2ccc(F)cc2)C(=O)CN(C(=O)c2cccs2)C(C)(C)C)s1. The standard InChI is InChI=1S/C24H27FN2O2S2/c1-17-7-12-20(31-17)15-26(14-18-8-10-19(25)11-9-18)22(28)16-27(24(2,3)4)23(29)21-6-5-13-30-21/h5-13H,14-16H2,1-4H3. The first-order chi connectivity index (χ1) is 14.6. The first-order valence-corrected chi connectivity index (χ1v) is 11.8. The second kappa shape index (κ2) is 9.75. The Labute approximate surface area is 190 Å². The summed E-state index contributed by atoms with van der Waals surface area (Å²) in [6, 6.07) is 13.8. The Balaban J connectivity index is 1.84. The van der Waals surface area contributed by atoms with Crippen LogP contribution in [0.25, 0.3) is 0 Å². The third kappa shape index (κ3) is 6.24. The lowest BCUT2D eigenvalue weighted by Gasteiger charge is -2.36. The minimum Gasteiger partial charge on any atom is -0.332 e. The summed E-state index contributed by atoms with van der Waals surface area (Å²) < 4.78 is 13.3. The fourth-order valence-corrected chi connectivity index (χ4v) is 4.76. The number of hydrogen-bond acceptors (Lipinski definition) is 4. The van der Waals surface area contributed by atoms with Gasteiger partial charge in [0.2, 0.25) is 5.91 Å². The van der Waals surface area contributed by atoms with Crippen LogP contribution < -0.4 is 0 Å². The molecule has 2 amide bonds. The summed E-state index contributed by atoms with van der Waals surface area (Å²) in [6.45, 7) is 8.59. The summed E-state index contributed by atoms with van der Waals surface area (Å²) in [7, 11) is 0. The molecule has 3 aromatic rings. The minimum atomic E-state index is -0.516. The number of rotatable bonds is 7. The van der Waals surface area contributed by atoms with Crippen LogP contribution in [0.2, 0.25) is 0 Å². The van der Waals surface area contributed by atoms with Crippen LogP contribution in [0.5, 0.6) is 0 Å². The van der Waals surface area contributed by atoms with Crippen LogP contribution >= 0.6 is 22.7 Å². The van der Waals surface area contributed by atoms with Gasteiger partial charge in [-0.15, -0.1) is 22.7 Å². The summed E-state index contributed by atoms with van der Waals surface area (Å²) in [5, 5.41) is 1.86. The predicted molar refractivity (Wildman–Crippen MR) is 125 cm³/mol. The van der Waals surface area contributed by atoms with Gasteiger partial charge in [0.15, 0.2) is 0 Å². The number of carbonyl (C=O) groups is 2. The molecule has 0 bridgehead atoms. The zero-order valence-corrected chi connectivity index (χ0v) is 19.9. The molecular formula is C24H27FN2O2S2. The van der Waals surface area contributed by atoms with Gasteiger partial charge in [0.05, 0.1) is 11.4 Å². The third-order valence-electron chi connectivity index (χ3n) is 4.86. The highest BCUT2D eigenvalue weighted by atomic mass is 32.1. The van der Waals surface area contributed by atoms with Crippen molar-refractivity contribution in [2.24, 2.45) is 0 Å². The molecule has 0 fully saturated rings. The van der Waals surface area contributed by atoms with Crippen LogP contribution in [0.3, 0.4) is 0 Å². The molecule has 0 spiro atoms. The van der Waals surface area contributed by atoms with Crippen molar-refractivity contribution in [3.63, 3.8) is 0 Å². The third-order valence-corrected chi connectivity index (χ3v) is 6.71. The number of amides is 2. The number of benzene rings is 1. The van der Waals surface area contributed by atoms with Gasteiger partial charge < -0.3 is 9.80 Å². The van der Waals surface area contributed by atoms with Crippen molar-refractivity contribution in [1.82, 2.24) is 9.80 Å². The van der Waals surface area contributed by atoms with Crippen LogP contribution in [0.1, 0.15) is 45.8 Å². The summed E-state index contributed by atoms with van der Waals surface area (Å²) in [4.78, 5) is 32.7. The van der Waals surface area contributed by atoms with Crippen LogP contribution in [0, 0.1) is 12.7 Å². The van der Waals surface area contributed by atoms with Crippen molar-refractivity contribution in [1.29, 1.82) is 0 Å². The topological polar surface area (TPSA) is 40.6 Å². The number of nitrogens with zero attached hydrogens (tertiary/aromatic N) is 2. The van der Waals surface area contributed by atoms with E-state index in [0.29, 0.717) is 18.0 Å². The Hall–Kier alpha value is -2.51. The molecule has 0 aliphatic carbocycles. The number of aryl methyl sites for hydroxylation is 1. The molecule has 2 heterocycles. The minimum absolute atomic E-state index is 0.0220. The van der Waals surface area contributed by atoms with E-state index in [1.807, 2.05) is 51.3 Å². The molecule has 0 saturated carbocycles. The van der Waals surface area contributed by atoms with Crippen LogP contribution in [0.4, 0.5) is 4.39 Å². The number of carbonyl (C=O) groups excluding carboxylic acids is 2. The second-order valence-corrected chi connectivity index (χ2v) is 10.7. The normalized spacial score (nSPS) is 11.4. The molecule has 0 saturated heterocycles. The van der Waals surface area contributed by atoms with Crippen molar-refractivity contribution in [2.75, 3.05) is 6.54 Å².